The highest BCUT2D eigenvalue weighted by atomic mass is 16.5. The average Bonchev–Trinajstić information content (AvgIpc) is 2.93. The maximum Gasteiger partial charge on any atom is 0.257 e. The fourth-order valence-electron chi connectivity index (χ4n) is 2.38. The Balaban J connectivity index is 1.65. The summed E-state index contributed by atoms with van der Waals surface area (Å²) >= 11 is 0. The molecule has 0 spiro atoms. The van der Waals surface area contributed by atoms with Gasteiger partial charge in [0.05, 0.1) is 0 Å². The van der Waals surface area contributed by atoms with Gasteiger partial charge in [0.2, 0.25) is 0 Å². The lowest BCUT2D eigenvalue weighted by atomic mass is 10.1. The van der Waals surface area contributed by atoms with E-state index in [4.69, 9.17) is 4.74 Å². The number of nitrogens with one attached hydrogen (secondary N) is 2. The highest BCUT2D eigenvalue weighted by Gasteiger charge is 2.14. The first-order chi connectivity index (χ1) is 9.65. The molecule has 1 aromatic carbocycles. The number of rotatable bonds is 6. The van der Waals surface area contributed by atoms with Gasteiger partial charge in [-0.15, -0.1) is 0 Å². The highest BCUT2D eigenvalue weighted by Crippen LogP contribution is 2.16. The number of hydrogen-bond acceptors (Lipinski definition) is 3. The number of ether oxygens (including phenoxy) is 1. The van der Waals surface area contributed by atoms with Gasteiger partial charge in [-0.2, -0.15) is 0 Å². The Labute approximate surface area is 120 Å². The normalized spacial score (nSPS) is 18.0. The Hall–Kier alpha value is -1.55. The summed E-state index contributed by atoms with van der Waals surface area (Å²) in [5.41, 5.74) is 2.41. The second-order valence-electron chi connectivity index (χ2n) is 5.53. The molecule has 1 unspecified atom stereocenters. The predicted molar refractivity (Wildman–Crippen MR) is 80.0 cm³/mol. The fourth-order valence-corrected chi connectivity index (χ4v) is 2.38. The van der Waals surface area contributed by atoms with Crippen LogP contribution in [0.2, 0.25) is 0 Å². The molecule has 0 aromatic heterocycles. The zero-order valence-corrected chi connectivity index (χ0v) is 12.4. The van der Waals surface area contributed by atoms with Crippen LogP contribution in [0.5, 0.6) is 5.75 Å². The van der Waals surface area contributed by atoms with E-state index in [1.165, 1.54) is 17.5 Å². The number of hydrogen-bond donors (Lipinski definition) is 2. The number of aryl methyl sites for hydroxylation is 2. The van der Waals surface area contributed by atoms with Gasteiger partial charge >= 0.3 is 0 Å². The van der Waals surface area contributed by atoms with Crippen molar-refractivity contribution in [1.29, 1.82) is 0 Å². The van der Waals surface area contributed by atoms with E-state index in [0.717, 1.165) is 31.8 Å². The van der Waals surface area contributed by atoms with Crippen molar-refractivity contribution >= 4 is 5.91 Å². The molecule has 110 valence electrons. The molecule has 1 amide bonds. The van der Waals surface area contributed by atoms with Crippen LogP contribution in [0.3, 0.4) is 0 Å². The first-order valence-electron chi connectivity index (χ1n) is 7.32. The molecule has 1 aliphatic rings. The van der Waals surface area contributed by atoms with Crippen molar-refractivity contribution in [3.63, 3.8) is 0 Å². The van der Waals surface area contributed by atoms with Gasteiger partial charge in [-0.3, -0.25) is 4.79 Å². The van der Waals surface area contributed by atoms with Gasteiger partial charge in [0.15, 0.2) is 6.61 Å². The Morgan fingerprint density at radius 1 is 1.40 bits per heavy atom. The summed E-state index contributed by atoms with van der Waals surface area (Å²) in [6, 6.07) is 5.88. The molecule has 0 bridgehead atoms. The van der Waals surface area contributed by atoms with E-state index >= 15 is 0 Å². The molecule has 4 heteroatoms. The quantitative estimate of drug-likeness (QED) is 0.833. The van der Waals surface area contributed by atoms with Crippen LogP contribution >= 0.6 is 0 Å². The molecule has 0 saturated carbocycles. The third-order valence-electron chi connectivity index (χ3n) is 3.89. The summed E-state index contributed by atoms with van der Waals surface area (Å²) in [5, 5.41) is 6.24. The van der Waals surface area contributed by atoms with E-state index < -0.39 is 0 Å². The fraction of sp³-hybridized carbons (Fsp3) is 0.562. The molecule has 0 radical (unpaired) electrons. The molecule has 20 heavy (non-hydrogen) atoms. The molecule has 1 fully saturated rings. The first-order valence-corrected chi connectivity index (χ1v) is 7.32. The van der Waals surface area contributed by atoms with E-state index in [1.807, 2.05) is 25.1 Å². The SMILES string of the molecule is Cc1ccc(OCC(=O)NCCC2CCNC2)cc1C. The van der Waals surface area contributed by atoms with E-state index in [-0.39, 0.29) is 12.5 Å². The van der Waals surface area contributed by atoms with Gasteiger partial charge < -0.3 is 15.4 Å². The molecule has 1 heterocycles. The Bertz CT molecular complexity index is 454. The number of benzene rings is 1. The van der Waals surface area contributed by atoms with Crippen molar-refractivity contribution in [2.45, 2.75) is 26.7 Å². The van der Waals surface area contributed by atoms with Crippen LogP contribution < -0.4 is 15.4 Å². The lowest BCUT2D eigenvalue weighted by Crippen LogP contribution is -2.30. The van der Waals surface area contributed by atoms with Crippen molar-refractivity contribution in [2.75, 3.05) is 26.2 Å². The third kappa shape index (κ3) is 4.53. The van der Waals surface area contributed by atoms with Crippen LogP contribution in [-0.2, 0) is 4.79 Å². The van der Waals surface area contributed by atoms with E-state index in [2.05, 4.69) is 17.6 Å². The molecule has 0 aliphatic carbocycles. The lowest BCUT2D eigenvalue weighted by Gasteiger charge is -2.11. The maximum atomic E-state index is 11.7. The van der Waals surface area contributed by atoms with E-state index in [0.29, 0.717) is 5.92 Å². The number of carbonyl (C=O) groups is 1. The van der Waals surface area contributed by atoms with Crippen LogP contribution in [0.15, 0.2) is 18.2 Å². The Kier molecular flexibility index (Phi) is 5.41. The minimum Gasteiger partial charge on any atom is -0.484 e. The zero-order valence-electron chi connectivity index (χ0n) is 12.4. The molecule has 1 aliphatic heterocycles. The second-order valence-corrected chi connectivity index (χ2v) is 5.53. The van der Waals surface area contributed by atoms with Crippen molar-refractivity contribution in [3.05, 3.63) is 29.3 Å². The summed E-state index contributed by atoms with van der Waals surface area (Å²) in [6.07, 6.45) is 2.26. The molecule has 1 atom stereocenters. The summed E-state index contributed by atoms with van der Waals surface area (Å²) in [7, 11) is 0. The topological polar surface area (TPSA) is 50.4 Å². The van der Waals surface area contributed by atoms with E-state index in [9.17, 15) is 4.79 Å². The van der Waals surface area contributed by atoms with Crippen molar-refractivity contribution in [1.82, 2.24) is 10.6 Å². The Morgan fingerprint density at radius 2 is 2.25 bits per heavy atom. The van der Waals surface area contributed by atoms with Crippen molar-refractivity contribution in [2.24, 2.45) is 5.92 Å². The van der Waals surface area contributed by atoms with Crippen molar-refractivity contribution < 1.29 is 9.53 Å². The van der Waals surface area contributed by atoms with Gasteiger partial charge in [-0.25, -0.2) is 0 Å². The van der Waals surface area contributed by atoms with Gasteiger partial charge in [0, 0.05) is 6.54 Å². The van der Waals surface area contributed by atoms with Gasteiger partial charge in [0.25, 0.3) is 5.91 Å². The summed E-state index contributed by atoms with van der Waals surface area (Å²) in [5.74, 6) is 1.41. The largest absolute Gasteiger partial charge is 0.484 e. The zero-order chi connectivity index (χ0) is 14.4. The molecular formula is C16H24N2O2. The number of amides is 1. The van der Waals surface area contributed by atoms with E-state index in [1.54, 1.807) is 0 Å². The predicted octanol–water partition coefficient (Wildman–Crippen LogP) is 1.80. The van der Waals surface area contributed by atoms with Crippen molar-refractivity contribution in [3.8, 4) is 5.75 Å². The first kappa shape index (κ1) is 14.9. The Morgan fingerprint density at radius 3 is 2.95 bits per heavy atom. The minimum atomic E-state index is -0.0471. The molecule has 1 aromatic rings. The van der Waals surface area contributed by atoms with Gasteiger partial charge in [-0.05, 0) is 69.0 Å². The monoisotopic (exact) mass is 276 g/mol. The highest BCUT2D eigenvalue weighted by molar-refractivity contribution is 5.77. The number of carbonyl (C=O) groups excluding carboxylic acids is 1. The molecular weight excluding hydrogens is 252 g/mol. The van der Waals surface area contributed by atoms with Crippen LogP contribution in [0.25, 0.3) is 0 Å². The van der Waals surface area contributed by atoms with Gasteiger partial charge in [0.1, 0.15) is 5.75 Å². The van der Waals surface area contributed by atoms with Crippen LogP contribution in [-0.4, -0.2) is 32.1 Å². The van der Waals surface area contributed by atoms with Crippen LogP contribution in [0.1, 0.15) is 24.0 Å². The minimum absolute atomic E-state index is 0.0471. The lowest BCUT2D eigenvalue weighted by molar-refractivity contribution is -0.123. The third-order valence-corrected chi connectivity index (χ3v) is 3.89. The summed E-state index contributed by atoms with van der Waals surface area (Å²) < 4.78 is 5.50. The summed E-state index contributed by atoms with van der Waals surface area (Å²) in [4.78, 5) is 11.7. The maximum absolute atomic E-state index is 11.7. The average molecular weight is 276 g/mol. The van der Waals surface area contributed by atoms with Gasteiger partial charge in [-0.1, -0.05) is 6.07 Å². The summed E-state index contributed by atoms with van der Waals surface area (Å²) in [6.45, 7) is 7.11. The smallest absolute Gasteiger partial charge is 0.257 e. The van der Waals surface area contributed by atoms with Crippen LogP contribution in [0, 0.1) is 19.8 Å². The molecule has 1 saturated heterocycles. The van der Waals surface area contributed by atoms with Crippen LogP contribution in [0.4, 0.5) is 0 Å². The molecule has 2 N–H and O–H groups in total. The molecule has 2 rings (SSSR count). The standard InChI is InChI=1S/C16H24N2O2/c1-12-3-4-15(9-13(12)2)20-11-16(19)18-8-6-14-5-7-17-10-14/h3-4,9,14,17H,5-8,10-11H2,1-2H3,(H,18,19). The molecule has 4 nitrogen and oxygen atoms in total. The second kappa shape index (κ2) is 7.29.